The first-order valence-electron chi connectivity index (χ1n) is 8.56. The highest BCUT2D eigenvalue weighted by Gasteiger charge is 2.20. The number of para-hydroxylation sites is 1. The topological polar surface area (TPSA) is 32.3 Å². The van der Waals surface area contributed by atoms with Crippen molar-refractivity contribution in [2.45, 2.75) is 29.6 Å². The molecule has 1 amide bonds. The van der Waals surface area contributed by atoms with E-state index in [0.29, 0.717) is 12.5 Å². The summed E-state index contributed by atoms with van der Waals surface area (Å²) in [4.78, 5) is 16.8. The van der Waals surface area contributed by atoms with Crippen LogP contribution in [0.4, 0.5) is 5.69 Å². The molecular formula is C20H24N2OS. The van der Waals surface area contributed by atoms with Gasteiger partial charge in [-0.25, -0.2) is 0 Å². The quantitative estimate of drug-likeness (QED) is 0.869. The van der Waals surface area contributed by atoms with Gasteiger partial charge in [0.2, 0.25) is 5.91 Å². The number of rotatable bonds is 5. The van der Waals surface area contributed by atoms with E-state index in [1.165, 1.54) is 11.3 Å². The summed E-state index contributed by atoms with van der Waals surface area (Å²) in [6, 6.07) is 18.5. The van der Waals surface area contributed by atoms with Crippen molar-refractivity contribution in [2.75, 3.05) is 25.0 Å². The van der Waals surface area contributed by atoms with Crippen LogP contribution in [0.25, 0.3) is 0 Å². The highest BCUT2D eigenvalue weighted by Crippen LogP contribution is 2.33. The molecule has 1 unspecified atom stereocenters. The number of anilines is 1. The van der Waals surface area contributed by atoms with Gasteiger partial charge in [0.15, 0.2) is 0 Å². The lowest BCUT2D eigenvalue weighted by Gasteiger charge is -2.31. The van der Waals surface area contributed by atoms with Crippen LogP contribution in [0.5, 0.6) is 0 Å². The Hall–Kier alpha value is -1.94. The summed E-state index contributed by atoms with van der Waals surface area (Å²) in [5.41, 5.74) is 1.02. The molecule has 1 N–H and O–H groups in total. The number of hydrogen-bond donors (Lipinski definition) is 1. The van der Waals surface area contributed by atoms with Crippen molar-refractivity contribution in [1.29, 1.82) is 0 Å². The van der Waals surface area contributed by atoms with E-state index >= 15 is 0 Å². The normalized spacial score (nSPS) is 17.5. The predicted octanol–water partition coefficient (Wildman–Crippen LogP) is 4.51. The molecule has 126 valence electrons. The number of carbonyl (C=O) groups is 1. The third-order valence-electron chi connectivity index (χ3n) is 4.30. The number of carbonyl (C=O) groups excluding carboxylic acids is 1. The molecule has 0 spiro atoms. The van der Waals surface area contributed by atoms with Gasteiger partial charge >= 0.3 is 0 Å². The molecule has 0 aromatic heterocycles. The fraction of sp³-hybridized carbons (Fsp3) is 0.350. The molecule has 3 rings (SSSR count). The molecule has 3 nitrogen and oxygen atoms in total. The second-order valence-corrected chi connectivity index (χ2v) is 7.47. The standard InChI is InChI=1S/C20H24N2OS/c1-16-8-7-13-22(15-16)20(23)14-21-18-11-5-6-12-19(18)24-17-9-3-2-4-10-17/h2-6,9-12,16,21H,7-8,13-15H2,1H3. The van der Waals surface area contributed by atoms with E-state index in [1.54, 1.807) is 11.8 Å². The largest absolute Gasteiger partial charge is 0.375 e. The molecule has 1 saturated heterocycles. The Morgan fingerprint density at radius 2 is 1.92 bits per heavy atom. The zero-order chi connectivity index (χ0) is 16.8. The van der Waals surface area contributed by atoms with E-state index < -0.39 is 0 Å². The summed E-state index contributed by atoms with van der Waals surface area (Å²) < 4.78 is 0. The first-order chi connectivity index (χ1) is 11.7. The van der Waals surface area contributed by atoms with Gasteiger partial charge in [0.1, 0.15) is 0 Å². The third kappa shape index (κ3) is 4.54. The Labute approximate surface area is 148 Å². The van der Waals surface area contributed by atoms with Crippen LogP contribution in [0.15, 0.2) is 64.4 Å². The Kier molecular flexibility index (Phi) is 5.81. The fourth-order valence-electron chi connectivity index (χ4n) is 3.02. The molecule has 1 aliphatic rings. The van der Waals surface area contributed by atoms with Gasteiger partial charge in [-0.15, -0.1) is 0 Å². The van der Waals surface area contributed by atoms with Crippen molar-refractivity contribution in [3.05, 3.63) is 54.6 Å². The van der Waals surface area contributed by atoms with Crippen molar-refractivity contribution in [1.82, 2.24) is 4.90 Å². The van der Waals surface area contributed by atoms with Gasteiger partial charge in [-0.05, 0) is 43.0 Å². The fourth-order valence-corrected chi connectivity index (χ4v) is 3.96. The van der Waals surface area contributed by atoms with E-state index in [9.17, 15) is 4.79 Å². The number of likely N-dealkylation sites (tertiary alicyclic amines) is 1. The molecule has 1 heterocycles. The van der Waals surface area contributed by atoms with E-state index in [2.05, 4.69) is 30.4 Å². The van der Waals surface area contributed by atoms with Crippen LogP contribution in [-0.4, -0.2) is 30.4 Å². The SMILES string of the molecule is CC1CCCN(C(=O)CNc2ccccc2Sc2ccccc2)C1. The summed E-state index contributed by atoms with van der Waals surface area (Å²) in [5, 5.41) is 3.33. The van der Waals surface area contributed by atoms with Gasteiger partial charge in [-0.2, -0.15) is 0 Å². The van der Waals surface area contributed by atoms with Crippen LogP contribution in [0.3, 0.4) is 0 Å². The lowest BCUT2D eigenvalue weighted by atomic mass is 10.0. The zero-order valence-corrected chi connectivity index (χ0v) is 14.9. The van der Waals surface area contributed by atoms with Crippen LogP contribution in [-0.2, 0) is 4.79 Å². The lowest BCUT2D eigenvalue weighted by Crippen LogP contribution is -2.41. The molecule has 4 heteroatoms. The zero-order valence-electron chi connectivity index (χ0n) is 14.1. The van der Waals surface area contributed by atoms with Crippen LogP contribution >= 0.6 is 11.8 Å². The Balaban J connectivity index is 1.62. The van der Waals surface area contributed by atoms with Crippen LogP contribution < -0.4 is 5.32 Å². The maximum absolute atomic E-state index is 12.4. The molecule has 2 aromatic rings. The highest BCUT2D eigenvalue weighted by atomic mass is 32.2. The summed E-state index contributed by atoms with van der Waals surface area (Å²) in [6.45, 7) is 4.37. The van der Waals surface area contributed by atoms with Crippen molar-refractivity contribution in [3.8, 4) is 0 Å². The van der Waals surface area contributed by atoms with Crippen LogP contribution in [0.1, 0.15) is 19.8 Å². The maximum Gasteiger partial charge on any atom is 0.241 e. The van der Waals surface area contributed by atoms with E-state index in [4.69, 9.17) is 0 Å². The molecule has 0 saturated carbocycles. The second kappa shape index (κ2) is 8.25. The molecule has 1 aliphatic heterocycles. The predicted molar refractivity (Wildman–Crippen MR) is 100 cm³/mol. The van der Waals surface area contributed by atoms with Gasteiger partial charge in [0.25, 0.3) is 0 Å². The van der Waals surface area contributed by atoms with Crippen molar-refractivity contribution >= 4 is 23.4 Å². The smallest absolute Gasteiger partial charge is 0.241 e. The highest BCUT2D eigenvalue weighted by molar-refractivity contribution is 7.99. The number of nitrogens with zero attached hydrogens (tertiary/aromatic N) is 1. The molecule has 1 fully saturated rings. The number of piperidine rings is 1. The molecule has 1 atom stereocenters. The van der Waals surface area contributed by atoms with Gasteiger partial charge in [0, 0.05) is 28.6 Å². The van der Waals surface area contributed by atoms with Gasteiger partial charge < -0.3 is 10.2 Å². The third-order valence-corrected chi connectivity index (χ3v) is 5.38. The molecule has 0 aliphatic carbocycles. The Bertz CT molecular complexity index is 674. The van der Waals surface area contributed by atoms with Gasteiger partial charge in [-0.1, -0.05) is 49.0 Å². The molecule has 2 aromatic carbocycles. The average molecular weight is 340 g/mol. The molecule has 0 radical (unpaired) electrons. The summed E-state index contributed by atoms with van der Waals surface area (Å²) in [5.74, 6) is 0.810. The van der Waals surface area contributed by atoms with E-state index in [0.717, 1.165) is 30.1 Å². The minimum atomic E-state index is 0.195. The minimum Gasteiger partial charge on any atom is -0.375 e. The van der Waals surface area contributed by atoms with E-state index in [-0.39, 0.29) is 5.91 Å². The number of amides is 1. The Morgan fingerprint density at radius 1 is 1.17 bits per heavy atom. The van der Waals surface area contributed by atoms with Gasteiger partial charge in [0.05, 0.1) is 6.54 Å². The van der Waals surface area contributed by atoms with Gasteiger partial charge in [-0.3, -0.25) is 4.79 Å². The summed E-state index contributed by atoms with van der Waals surface area (Å²) in [7, 11) is 0. The lowest BCUT2D eigenvalue weighted by molar-refractivity contribution is -0.130. The summed E-state index contributed by atoms with van der Waals surface area (Å²) >= 11 is 1.71. The molecule has 0 bridgehead atoms. The first-order valence-corrected chi connectivity index (χ1v) is 9.37. The molecule has 24 heavy (non-hydrogen) atoms. The Morgan fingerprint density at radius 3 is 2.71 bits per heavy atom. The van der Waals surface area contributed by atoms with Crippen molar-refractivity contribution in [3.63, 3.8) is 0 Å². The minimum absolute atomic E-state index is 0.195. The maximum atomic E-state index is 12.4. The number of hydrogen-bond acceptors (Lipinski definition) is 3. The summed E-state index contributed by atoms with van der Waals surface area (Å²) in [6.07, 6.45) is 2.35. The van der Waals surface area contributed by atoms with Crippen LogP contribution in [0.2, 0.25) is 0 Å². The van der Waals surface area contributed by atoms with Crippen molar-refractivity contribution in [2.24, 2.45) is 5.92 Å². The average Bonchev–Trinajstić information content (AvgIpc) is 2.61. The monoisotopic (exact) mass is 340 g/mol. The number of benzene rings is 2. The molecular weight excluding hydrogens is 316 g/mol. The van der Waals surface area contributed by atoms with E-state index in [1.807, 2.05) is 41.3 Å². The number of nitrogens with one attached hydrogen (secondary N) is 1. The van der Waals surface area contributed by atoms with Crippen LogP contribution in [0, 0.1) is 5.92 Å². The second-order valence-electron chi connectivity index (χ2n) is 6.35. The van der Waals surface area contributed by atoms with Crippen molar-refractivity contribution < 1.29 is 4.79 Å². The first kappa shape index (κ1) is 16.9.